The predicted molar refractivity (Wildman–Crippen MR) is 127 cm³/mol. The molecular formula is C26H30N4O3. The van der Waals surface area contributed by atoms with Crippen molar-refractivity contribution in [1.82, 2.24) is 20.2 Å². The number of aryl methyl sites for hydroxylation is 1. The highest BCUT2D eigenvalue weighted by Gasteiger charge is 2.40. The van der Waals surface area contributed by atoms with Gasteiger partial charge in [0.1, 0.15) is 24.3 Å². The molecular weight excluding hydrogens is 416 g/mol. The Bertz CT molecular complexity index is 1140. The van der Waals surface area contributed by atoms with Gasteiger partial charge in [0.2, 0.25) is 5.91 Å². The molecule has 33 heavy (non-hydrogen) atoms. The van der Waals surface area contributed by atoms with Crippen molar-refractivity contribution >= 4 is 16.7 Å². The van der Waals surface area contributed by atoms with Crippen LogP contribution in [0, 0.1) is 12.3 Å². The zero-order valence-electron chi connectivity index (χ0n) is 19.0. The molecule has 1 aromatic heterocycles. The fraction of sp³-hybridized carbons (Fsp3) is 0.423. The predicted octanol–water partition coefficient (Wildman–Crippen LogP) is 2.95. The third kappa shape index (κ3) is 4.99. The highest BCUT2D eigenvalue weighted by Crippen LogP contribution is 2.37. The smallest absolute Gasteiger partial charge is 0.220 e. The van der Waals surface area contributed by atoms with Gasteiger partial charge in [0.15, 0.2) is 0 Å². The molecule has 3 aromatic rings. The van der Waals surface area contributed by atoms with Gasteiger partial charge >= 0.3 is 0 Å². The van der Waals surface area contributed by atoms with E-state index in [0.29, 0.717) is 13.0 Å². The molecule has 5 rings (SSSR count). The first-order chi connectivity index (χ1) is 16.0. The molecule has 1 spiro atoms. The van der Waals surface area contributed by atoms with E-state index in [1.807, 2.05) is 37.5 Å². The van der Waals surface area contributed by atoms with Gasteiger partial charge in [-0.25, -0.2) is 9.97 Å². The number of hydrogen-bond acceptors (Lipinski definition) is 6. The first-order valence-corrected chi connectivity index (χ1v) is 11.6. The molecule has 172 valence electrons. The number of rotatable bonds is 6. The maximum atomic E-state index is 11.6. The summed E-state index contributed by atoms with van der Waals surface area (Å²) in [5.41, 5.74) is 2.16. The van der Waals surface area contributed by atoms with Crippen molar-refractivity contribution in [2.75, 3.05) is 32.8 Å². The highest BCUT2D eigenvalue weighted by atomic mass is 16.5. The molecule has 1 unspecified atom stereocenters. The molecule has 7 nitrogen and oxygen atoms in total. The summed E-state index contributed by atoms with van der Waals surface area (Å²) in [7, 11) is 0. The van der Waals surface area contributed by atoms with Gasteiger partial charge in [0.05, 0.1) is 0 Å². The molecule has 0 radical (unpaired) electrons. The number of carbonyl (C=O) groups is 1. The minimum Gasteiger partial charge on any atom is -0.491 e. The number of nitrogens with one attached hydrogen (secondary N) is 1. The zero-order valence-corrected chi connectivity index (χ0v) is 19.0. The van der Waals surface area contributed by atoms with E-state index in [2.05, 4.69) is 38.4 Å². The number of aliphatic hydroxyl groups is 1. The second kappa shape index (κ2) is 9.08. The van der Waals surface area contributed by atoms with Crippen molar-refractivity contribution in [2.24, 2.45) is 5.41 Å². The Labute approximate surface area is 193 Å². The molecule has 2 aromatic carbocycles. The molecule has 7 heteroatoms. The molecule has 0 saturated carbocycles. The van der Waals surface area contributed by atoms with Crippen LogP contribution in [-0.4, -0.2) is 64.8 Å². The van der Waals surface area contributed by atoms with Crippen LogP contribution < -0.4 is 10.1 Å². The number of aliphatic hydroxyl groups excluding tert-OH is 1. The normalized spacial score (nSPS) is 19.0. The lowest BCUT2D eigenvalue weighted by atomic mass is 9.77. The number of amides is 1. The van der Waals surface area contributed by atoms with Gasteiger partial charge in [0.25, 0.3) is 0 Å². The van der Waals surface area contributed by atoms with Crippen molar-refractivity contribution < 1.29 is 14.6 Å². The van der Waals surface area contributed by atoms with Gasteiger partial charge in [-0.05, 0) is 72.8 Å². The molecule has 1 atom stereocenters. The van der Waals surface area contributed by atoms with E-state index < -0.39 is 6.10 Å². The lowest BCUT2D eigenvalue weighted by Crippen LogP contribution is -2.45. The molecule has 0 aliphatic carbocycles. The van der Waals surface area contributed by atoms with Gasteiger partial charge < -0.3 is 20.1 Å². The van der Waals surface area contributed by atoms with Gasteiger partial charge in [-0.2, -0.15) is 0 Å². The summed E-state index contributed by atoms with van der Waals surface area (Å²) in [6, 6.07) is 12.3. The van der Waals surface area contributed by atoms with Crippen LogP contribution in [0.3, 0.4) is 0 Å². The van der Waals surface area contributed by atoms with Gasteiger partial charge in [-0.1, -0.05) is 18.2 Å². The summed E-state index contributed by atoms with van der Waals surface area (Å²) in [6.07, 6.45) is 5.76. The summed E-state index contributed by atoms with van der Waals surface area (Å²) >= 11 is 0. The highest BCUT2D eigenvalue weighted by molar-refractivity contribution is 5.88. The number of benzene rings is 2. The van der Waals surface area contributed by atoms with Crippen molar-refractivity contribution in [3.8, 4) is 16.9 Å². The number of nitrogens with zero attached hydrogens (tertiary/aromatic N) is 3. The third-order valence-electron chi connectivity index (χ3n) is 6.95. The summed E-state index contributed by atoms with van der Waals surface area (Å²) in [5.74, 6) is 1.67. The Kier molecular flexibility index (Phi) is 6.00. The summed E-state index contributed by atoms with van der Waals surface area (Å²) in [4.78, 5) is 22.4. The first kappa shape index (κ1) is 21.8. The monoisotopic (exact) mass is 446 g/mol. The first-order valence-electron chi connectivity index (χ1n) is 11.6. The maximum absolute atomic E-state index is 11.6. The molecule has 2 saturated heterocycles. The van der Waals surface area contributed by atoms with E-state index in [-0.39, 0.29) is 17.9 Å². The zero-order chi connectivity index (χ0) is 22.8. The van der Waals surface area contributed by atoms with Gasteiger partial charge in [-0.15, -0.1) is 0 Å². The van der Waals surface area contributed by atoms with Crippen LogP contribution in [0.4, 0.5) is 0 Å². The van der Waals surface area contributed by atoms with Crippen molar-refractivity contribution in [3.05, 3.63) is 54.6 Å². The van der Waals surface area contributed by atoms with Crippen LogP contribution in [-0.2, 0) is 4.79 Å². The maximum Gasteiger partial charge on any atom is 0.220 e. The molecule has 1 amide bonds. The van der Waals surface area contributed by atoms with E-state index in [1.54, 1.807) is 0 Å². The fourth-order valence-corrected chi connectivity index (χ4v) is 4.89. The van der Waals surface area contributed by atoms with Crippen LogP contribution in [0.1, 0.15) is 25.1 Å². The summed E-state index contributed by atoms with van der Waals surface area (Å²) < 4.78 is 5.93. The Morgan fingerprint density at radius 1 is 1.09 bits per heavy atom. The van der Waals surface area contributed by atoms with Crippen LogP contribution in [0.15, 0.2) is 48.8 Å². The molecule has 2 N–H and O–H groups in total. The Balaban J connectivity index is 1.17. The number of aromatic nitrogens is 2. The van der Waals surface area contributed by atoms with E-state index in [0.717, 1.165) is 65.9 Å². The van der Waals surface area contributed by atoms with Crippen molar-refractivity contribution in [3.63, 3.8) is 0 Å². The lowest BCUT2D eigenvalue weighted by Gasteiger charge is -2.38. The average Bonchev–Trinajstić information content (AvgIpc) is 3.19. The average molecular weight is 447 g/mol. The second-order valence-electron chi connectivity index (χ2n) is 9.46. The van der Waals surface area contributed by atoms with E-state index in [1.165, 1.54) is 0 Å². The Hall–Kier alpha value is -3.03. The number of β-amino-alcohol motifs (C(OH)–C–C–N with tert-alkyl or cyclic N) is 1. The van der Waals surface area contributed by atoms with Gasteiger partial charge in [-0.3, -0.25) is 4.79 Å². The lowest BCUT2D eigenvalue weighted by molar-refractivity contribution is -0.119. The number of carbonyl (C=O) groups excluding carboxylic acids is 1. The molecule has 0 bridgehead atoms. The standard InChI is InChI=1S/C26H30N4O3/c1-18-27-13-22(14-28-18)20-3-2-19-4-5-24(11-21(19)10-20)33-16-23(31)15-30-8-6-26(7-9-30)12-25(32)29-17-26/h2-5,10-11,13-14,23,31H,6-9,12,15-17H2,1H3,(H,29,32). The number of ether oxygens (including phenoxy) is 1. The molecule has 2 fully saturated rings. The van der Waals surface area contributed by atoms with Gasteiger partial charge in [0, 0.05) is 37.5 Å². The van der Waals surface area contributed by atoms with Crippen LogP contribution in [0.2, 0.25) is 0 Å². The van der Waals surface area contributed by atoms with Crippen LogP contribution >= 0.6 is 0 Å². The summed E-state index contributed by atoms with van der Waals surface area (Å²) in [5, 5.41) is 15.7. The minimum absolute atomic E-state index is 0.129. The molecule has 2 aliphatic heterocycles. The second-order valence-corrected chi connectivity index (χ2v) is 9.46. The van der Waals surface area contributed by atoms with Crippen molar-refractivity contribution in [1.29, 1.82) is 0 Å². The summed E-state index contributed by atoms with van der Waals surface area (Å²) in [6.45, 7) is 5.33. The number of piperidine rings is 1. The topological polar surface area (TPSA) is 87.6 Å². The Morgan fingerprint density at radius 2 is 1.85 bits per heavy atom. The molecule has 3 heterocycles. The van der Waals surface area contributed by atoms with E-state index in [4.69, 9.17) is 4.74 Å². The third-order valence-corrected chi connectivity index (χ3v) is 6.95. The van der Waals surface area contributed by atoms with E-state index >= 15 is 0 Å². The minimum atomic E-state index is -0.561. The van der Waals surface area contributed by atoms with E-state index in [9.17, 15) is 9.90 Å². The SMILES string of the molecule is Cc1ncc(-c2ccc3ccc(OCC(O)CN4CCC5(CC4)CNC(=O)C5)cc3c2)cn1. The number of hydrogen-bond donors (Lipinski definition) is 2. The van der Waals surface area contributed by atoms with Crippen molar-refractivity contribution in [2.45, 2.75) is 32.3 Å². The number of fused-ring (bicyclic) bond motifs is 1. The largest absolute Gasteiger partial charge is 0.491 e. The Morgan fingerprint density at radius 3 is 2.58 bits per heavy atom. The fourth-order valence-electron chi connectivity index (χ4n) is 4.89. The quantitative estimate of drug-likeness (QED) is 0.605. The molecule has 2 aliphatic rings. The van der Waals surface area contributed by atoms with Crippen LogP contribution in [0.25, 0.3) is 21.9 Å². The number of likely N-dealkylation sites (tertiary alicyclic amines) is 1. The van der Waals surface area contributed by atoms with Crippen LogP contribution in [0.5, 0.6) is 5.75 Å².